The fourth-order valence-electron chi connectivity index (χ4n) is 2.45. The zero-order chi connectivity index (χ0) is 13.2. The minimum absolute atomic E-state index is 0.0644. The van der Waals surface area contributed by atoms with E-state index in [4.69, 9.17) is 5.73 Å². The maximum Gasteiger partial charge on any atom is 0.253 e. The van der Waals surface area contributed by atoms with Crippen LogP contribution in [0.3, 0.4) is 0 Å². The van der Waals surface area contributed by atoms with Crippen molar-refractivity contribution in [1.82, 2.24) is 15.1 Å². The van der Waals surface area contributed by atoms with E-state index < -0.39 is 0 Å². The van der Waals surface area contributed by atoms with Crippen molar-refractivity contribution in [3.05, 3.63) is 36.2 Å². The smallest absolute Gasteiger partial charge is 0.253 e. The van der Waals surface area contributed by atoms with Gasteiger partial charge in [0, 0.05) is 36.1 Å². The van der Waals surface area contributed by atoms with Crippen LogP contribution in [-0.2, 0) is 0 Å². The van der Waals surface area contributed by atoms with Gasteiger partial charge in [-0.3, -0.25) is 9.89 Å². The molecule has 0 spiro atoms. The Morgan fingerprint density at radius 2 is 2.00 bits per heavy atom. The highest BCUT2D eigenvalue weighted by Crippen LogP contribution is 2.24. The summed E-state index contributed by atoms with van der Waals surface area (Å²) < 4.78 is 0. The highest BCUT2D eigenvalue weighted by atomic mass is 16.2. The Balaban J connectivity index is 1.95. The molecule has 0 saturated carbocycles. The van der Waals surface area contributed by atoms with Gasteiger partial charge in [0.1, 0.15) is 0 Å². The van der Waals surface area contributed by atoms with Crippen molar-refractivity contribution in [3.63, 3.8) is 0 Å². The first-order valence-corrected chi connectivity index (χ1v) is 6.43. The van der Waals surface area contributed by atoms with Crippen LogP contribution in [0.5, 0.6) is 0 Å². The van der Waals surface area contributed by atoms with Crippen molar-refractivity contribution in [2.24, 2.45) is 0 Å². The van der Waals surface area contributed by atoms with Crippen LogP contribution in [0.25, 0.3) is 11.1 Å². The first-order chi connectivity index (χ1) is 9.24. The van der Waals surface area contributed by atoms with Crippen LogP contribution in [-0.4, -0.2) is 34.1 Å². The summed E-state index contributed by atoms with van der Waals surface area (Å²) in [5.41, 5.74) is 9.00. The molecule has 98 valence electrons. The molecule has 0 radical (unpaired) electrons. The molecule has 5 heteroatoms. The topological polar surface area (TPSA) is 75.0 Å². The molecule has 1 saturated heterocycles. The average molecular weight is 256 g/mol. The van der Waals surface area contributed by atoms with Crippen LogP contribution in [0.1, 0.15) is 23.2 Å². The standard InChI is InChI=1S/C14H16N4O/c15-13-6-10(12-8-16-17-9-12)5-11(7-13)14(19)18-3-1-2-4-18/h5-9H,1-4,15H2,(H,16,17). The van der Waals surface area contributed by atoms with Gasteiger partial charge >= 0.3 is 0 Å². The van der Waals surface area contributed by atoms with Crippen molar-refractivity contribution < 1.29 is 4.79 Å². The minimum atomic E-state index is 0.0644. The lowest BCUT2D eigenvalue weighted by atomic mass is 10.0. The number of rotatable bonds is 2. The predicted octanol–water partition coefficient (Wildman–Crippen LogP) is 1.89. The van der Waals surface area contributed by atoms with E-state index in [9.17, 15) is 4.79 Å². The monoisotopic (exact) mass is 256 g/mol. The Kier molecular flexibility index (Phi) is 2.95. The molecule has 1 aliphatic rings. The number of hydrogen-bond donors (Lipinski definition) is 2. The first kappa shape index (κ1) is 11.8. The summed E-state index contributed by atoms with van der Waals surface area (Å²) in [4.78, 5) is 14.3. The van der Waals surface area contributed by atoms with E-state index in [0.717, 1.165) is 37.1 Å². The second-order valence-corrected chi connectivity index (χ2v) is 4.83. The molecule has 0 unspecified atom stereocenters. The number of amides is 1. The number of benzene rings is 1. The predicted molar refractivity (Wildman–Crippen MR) is 73.6 cm³/mol. The van der Waals surface area contributed by atoms with Crippen LogP contribution < -0.4 is 5.73 Å². The van der Waals surface area contributed by atoms with E-state index in [-0.39, 0.29) is 5.91 Å². The average Bonchev–Trinajstić information content (AvgIpc) is 3.10. The van der Waals surface area contributed by atoms with Crippen LogP contribution in [0.2, 0.25) is 0 Å². The lowest BCUT2D eigenvalue weighted by Gasteiger charge is -2.16. The van der Waals surface area contributed by atoms with Gasteiger partial charge in [-0.25, -0.2) is 0 Å². The molecule has 2 heterocycles. The van der Waals surface area contributed by atoms with Crippen LogP contribution in [0.4, 0.5) is 5.69 Å². The fraction of sp³-hybridized carbons (Fsp3) is 0.286. The summed E-state index contributed by atoms with van der Waals surface area (Å²) >= 11 is 0. The maximum absolute atomic E-state index is 12.4. The van der Waals surface area contributed by atoms with E-state index >= 15 is 0 Å². The molecule has 1 fully saturated rings. The summed E-state index contributed by atoms with van der Waals surface area (Å²) in [6.07, 6.45) is 5.68. The van der Waals surface area contributed by atoms with E-state index in [2.05, 4.69) is 10.2 Å². The van der Waals surface area contributed by atoms with Gasteiger partial charge in [0.15, 0.2) is 0 Å². The summed E-state index contributed by atoms with van der Waals surface area (Å²) in [6, 6.07) is 5.47. The number of aromatic nitrogens is 2. The summed E-state index contributed by atoms with van der Waals surface area (Å²) in [7, 11) is 0. The molecule has 3 N–H and O–H groups in total. The zero-order valence-electron chi connectivity index (χ0n) is 10.6. The summed E-state index contributed by atoms with van der Waals surface area (Å²) in [6.45, 7) is 1.68. The number of anilines is 1. The molecular weight excluding hydrogens is 240 g/mol. The highest BCUT2D eigenvalue weighted by molar-refractivity contribution is 5.96. The minimum Gasteiger partial charge on any atom is -0.399 e. The molecule has 1 aromatic heterocycles. The number of nitrogens with one attached hydrogen (secondary N) is 1. The molecule has 2 aromatic rings. The first-order valence-electron chi connectivity index (χ1n) is 6.43. The third kappa shape index (κ3) is 2.31. The molecule has 19 heavy (non-hydrogen) atoms. The normalized spacial score (nSPS) is 14.8. The molecular formula is C14H16N4O. The van der Waals surface area contributed by atoms with Crippen LogP contribution >= 0.6 is 0 Å². The Bertz CT molecular complexity index is 585. The molecule has 0 aliphatic carbocycles. The number of nitrogens with two attached hydrogens (primary N) is 1. The highest BCUT2D eigenvalue weighted by Gasteiger charge is 2.20. The lowest BCUT2D eigenvalue weighted by Crippen LogP contribution is -2.27. The zero-order valence-corrected chi connectivity index (χ0v) is 10.6. The molecule has 3 rings (SSSR count). The third-order valence-corrected chi connectivity index (χ3v) is 3.43. The summed E-state index contributed by atoms with van der Waals surface area (Å²) in [5.74, 6) is 0.0644. The third-order valence-electron chi connectivity index (χ3n) is 3.43. The molecule has 1 aromatic carbocycles. The van der Waals surface area contributed by atoms with Crippen molar-refractivity contribution in [2.75, 3.05) is 18.8 Å². The van der Waals surface area contributed by atoms with Gasteiger partial charge in [-0.15, -0.1) is 0 Å². The van der Waals surface area contributed by atoms with Gasteiger partial charge in [-0.1, -0.05) is 0 Å². The second kappa shape index (κ2) is 4.76. The molecule has 1 amide bonds. The Morgan fingerprint density at radius 3 is 2.68 bits per heavy atom. The maximum atomic E-state index is 12.4. The second-order valence-electron chi connectivity index (χ2n) is 4.83. The van der Waals surface area contributed by atoms with E-state index in [1.54, 1.807) is 18.5 Å². The van der Waals surface area contributed by atoms with Crippen molar-refractivity contribution in [1.29, 1.82) is 0 Å². The quantitative estimate of drug-likeness (QED) is 0.806. The molecule has 0 bridgehead atoms. The Morgan fingerprint density at radius 1 is 1.21 bits per heavy atom. The van der Waals surface area contributed by atoms with Gasteiger partial charge in [0.2, 0.25) is 0 Å². The molecule has 0 atom stereocenters. The van der Waals surface area contributed by atoms with Gasteiger partial charge < -0.3 is 10.6 Å². The van der Waals surface area contributed by atoms with Crippen LogP contribution in [0, 0.1) is 0 Å². The molecule has 5 nitrogen and oxygen atoms in total. The van der Waals surface area contributed by atoms with Crippen molar-refractivity contribution >= 4 is 11.6 Å². The number of nitrogens with zero attached hydrogens (tertiary/aromatic N) is 2. The fourth-order valence-corrected chi connectivity index (χ4v) is 2.45. The lowest BCUT2D eigenvalue weighted by molar-refractivity contribution is 0.0793. The molecule has 1 aliphatic heterocycles. The van der Waals surface area contributed by atoms with Crippen molar-refractivity contribution in [2.45, 2.75) is 12.8 Å². The number of likely N-dealkylation sites (tertiary alicyclic amines) is 1. The number of aromatic amines is 1. The number of carbonyl (C=O) groups excluding carboxylic acids is 1. The van der Waals surface area contributed by atoms with E-state index in [1.165, 1.54) is 0 Å². The van der Waals surface area contributed by atoms with Crippen molar-refractivity contribution in [3.8, 4) is 11.1 Å². The number of nitrogen functional groups attached to an aromatic ring is 1. The number of hydrogen-bond acceptors (Lipinski definition) is 3. The Hall–Kier alpha value is -2.30. The van der Waals surface area contributed by atoms with E-state index in [1.807, 2.05) is 17.0 Å². The van der Waals surface area contributed by atoms with Crippen LogP contribution in [0.15, 0.2) is 30.6 Å². The SMILES string of the molecule is Nc1cc(C(=O)N2CCCC2)cc(-c2cn[nH]c2)c1. The van der Waals surface area contributed by atoms with Gasteiger partial charge in [-0.2, -0.15) is 5.10 Å². The van der Waals surface area contributed by atoms with Gasteiger partial charge in [0.05, 0.1) is 6.20 Å². The van der Waals surface area contributed by atoms with E-state index in [0.29, 0.717) is 11.3 Å². The summed E-state index contributed by atoms with van der Waals surface area (Å²) in [5, 5.41) is 6.68. The largest absolute Gasteiger partial charge is 0.399 e. The van der Waals surface area contributed by atoms with Gasteiger partial charge in [0.25, 0.3) is 5.91 Å². The number of H-pyrrole nitrogens is 1. The Labute approximate surface area is 111 Å². The van der Waals surface area contributed by atoms with Gasteiger partial charge in [-0.05, 0) is 36.6 Å². The number of carbonyl (C=O) groups is 1.